The van der Waals surface area contributed by atoms with Crippen LogP contribution in [0.15, 0.2) is 4.79 Å². The predicted molar refractivity (Wildman–Crippen MR) is 54.9 cm³/mol. The first-order chi connectivity index (χ1) is 6.60. The molecule has 2 amide bonds. The maximum Gasteiger partial charge on any atom is 0.326 e. The Hall–Kier alpha value is -1.37. The third kappa shape index (κ3) is 1.92. The molecule has 0 fully saturated rings. The molecule has 7 heteroatoms. The molecule has 1 aromatic heterocycles. The highest BCUT2D eigenvalue weighted by Crippen LogP contribution is 2.11. The van der Waals surface area contributed by atoms with E-state index in [1.54, 1.807) is 7.05 Å². The van der Waals surface area contributed by atoms with Gasteiger partial charge in [-0.3, -0.25) is 9.69 Å². The molecule has 14 heavy (non-hydrogen) atoms. The van der Waals surface area contributed by atoms with Crippen LogP contribution in [0.2, 0.25) is 0 Å². The van der Waals surface area contributed by atoms with E-state index in [1.807, 2.05) is 6.92 Å². The zero-order chi connectivity index (χ0) is 10.7. The van der Waals surface area contributed by atoms with Crippen LogP contribution in [-0.2, 0) is 6.54 Å². The molecule has 1 aromatic rings. The summed E-state index contributed by atoms with van der Waals surface area (Å²) in [7, 11) is 3.09. The molecule has 0 atom stereocenters. The third-order valence-electron chi connectivity index (χ3n) is 1.70. The van der Waals surface area contributed by atoms with Crippen LogP contribution < -0.4 is 15.1 Å². The van der Waals surface area contributed by atoms with Gasteiger partial charge in [-0.05, 0) is 18.3 Å². The molecule has 1 heterocycles. The average molecular weight is 216 g/mol. The van der Waals surface area contributed by atoms with Crippen LogP contribution in [0.3, 0.4) is 0 Å². The van der Waals surface area contributed by atoms with Crippen molar-refractivity contribution in [1.82, 2.24) is 15.1 Å². The largest absolute Gasteiger partial charge is 0.341 e. The fourth-order valence-electron chi connectivity index (χ4n) is 0.885. The Kier molecular flexibility index (Phi) is 3.23. The zero-order valence-corrected chi connectivity index (χ0v) is 9.09. The fraction of sp³-hybridized carbons (Fsp3) is 0.571. The summed E-state index contributed by atoms with van der Waals surface area (Å²) in [6.45, 7) is 2.34. The number of nitrogens with one attached hydrogen (secondary N) is 1. The number of aryl methyl sites for hydroxylation is 1. The lowest BCUT2D eigenvalue weighted by molar-refractivity contribution is 0.249. The molecule has 1 N–H and O–H groups in total. The highest BCUT2D eigenvalue weighted by molar-refractivity contribution is 7.13. The number of rotatable bonds is 2. The summed E-state index contributed by atoms with van der Waals surface area (Å²) in [5, 5.41) is 6.84. The zero-order valence-electron chi connectivity index (χ0n) is 8.27. The number of anilines is 1. The van der Waals surface area contributed by atoms with Gasteiger partial charge in [0.05, 0.1) is 0 Å². The lowest BCUT2D eigenvalue weighted by Crippen LogP contribution is -2.34. The number of carbonyl (C=O) groups excluding carboxylic acids is 1. The molecule has 0 saturated carbocycles. The highest BCUT2D eigenvalue weighted by atomic mass is 32.1. The molecule has 6 nitrogen and oxygen atoms in total. The Balaban J connectivity index is 2.96. The third-order valence-corrected chi connectivity index (χ3v) is 2.62. The van der Waals surface area contributed by atoms with Gasteiger partial charge in [-0.25, -0.2) is 9.48 Å². The number of aromatic nitrogens is 2. The van der Waals surface area contributed by atoms with Crippen molar-refractivity contribution in [2.45, 2.75) is 13.5 Å². The molecule has 0 radical (unpaired) electrons. The lowest BCUT2D eigenvalue weighted by Gasteiger charge is -2.11. The van der Waals surface area contributed by atoms with Crippen molar-refractivity contribution in [3.63, 3.8) is 0 Å². The van der Waals surface area contributed by atoms with Gasteiger partial charge in [0.25, 0.3) is 0 Å². The van der Waals surface area contributed by atoms with Gasteiger partial charge in [0.15, 0.2) is 0 Å². The van der Waals surface area contributed by atoms with Crippen LogP contribution in [0.4, 0.5) is 9.93 Å². The molecule has 1 rings (SSSR count). The molecule has 78 valence electrons. The van der Waals surface area contributed by atoms with Gasteiger partial charge in [-0.2, -0.15) is 0 Å². The molecule has 0 aliphatic carbocycles. The van der Waals surface area contributed by atoms with Gasteiger partial charge in [0.1, 0.15) is 0 Å². The molecule has 0 unspecified atom stereocenters. The van der Waals surface area contributed by atoms with Crippen LogP contribution in [0.25, 0.3) is 0 Å². The molecule has 0 aliphatic heterocycles. The molecule has 0 aromatic carbocycles. The Bertz CT molecular complexity index is 383. The highest BCUT2D eigenvalue weighted by Gasteiger charge is 2.14. The summed E-state index contributed by atoms with van der Waals surface area (Å²) in [6, 6.07) is -0.290. The smallest absolute Gasteiger partial charge is 0.326 e. The molecule has 0 saturated heterocycles. The number of hydrogen-bond donors (Lipinski definition) is 1. The minimum absolute atomic E-state index is 0.154. The number of carbonyl (C=O) groups is 1. The minimum atomic E-state index is -0.290. The van der Waals surface area contributed by atoms with E-state index in [-0.39, 0.29) is 10.9 Å². The first-order valence-electron chi connectivity index (χ1n) is 4.13. The van der Waals surface area contributed by atoms with Crippen molar-refractivity contribution in [1.29, 1.82) is 0 Å². The Labute approximate surface area is 85.1 Å². The minimum Gasteiger partial charge on any atom is -0.341 e. The summed E-state index contributed by atoms with van der Waals surface area (Å²) in [5.41, 5.74) is 0. The van der Waals surface area contributed by atoms with Gasteiger partial charge in [-0.15, -0.1) is 5.10 Å². The van der Waals surface area contributed by atoms with Crippen molar-refractivity contribution < 1.29 is 4.79 Å². The molecule has 0 aliphatic rings. The van der Waals surface area contributed by atoms with Crippen LogP contribution in [0.5, 0.6) is 0 Å². The van der Waals surface area contributed by atoms with Crippen molar-refractivity contribution >= 4 is 22.5 Å². The number of hydrogen-bond acceptors (Lipinski definition) is 4. The van der Waals surface area contributed by atoms with E-state index in [2.05, 4.69) is 10.4 Å². The van der Waals surface area contributed by atoms with Crippen molar-refractivity contribution in [2.75, 3.05) is 19.0 Å². The lowest BCUT2D eigenvalue weighted by atomic mass is 10.8. The van der Waals surface area contributed by atoms with Gasteiger partial charge in [-0.1, -0.05) is 0 Å². The van der Waals surface area contributed by atoms with Crippen molar-refractivity contribution in [3.8, 4) is 0 Å². The summed E-state index contributed by atoms with van der Waals surface area (Å²) >= 11 is 0.952. The number of nitrogens with zero attached hydrogens (tertiary/aromatic N) is 3. The van der Waals surface area contributed by atoms with Crippen molar-refractivity contribution in [3.05, 3.63) is 9.67 Å². The molecule has 0 spiro atoms. The predicted octanol–water partition coefficient (Wildman–Crippen LogP) is 0.100. The second-order valence-corrected chi connectivity index (χ2v) is 3.50. The first-order valence-corrected chi connectivity index (χ1v) is 4.95. The maximum atomic E-state index is 11.2. The second kappa shape index (κ2) is 4.23. The summed E-state index contributed by atoms with van der Waals surface area (Å²) in [5.74, 6) is 0. The topological polar surface area (TPSA) is 67.2 Å². The van der Waals surface area contributed by atoms with Gasteiger partial charge < -0.3 is 5.32 Å². The Morgan fingerprint density at radius 2 is 2.36 bits per heavy atom. The van der Waals surface area contributed by atoms with Crippen molar-refractivity contribution in [2.24, 2.45) is 0 Å². The number of urea groups is 1. The Morgan fingerprint density at radius 1 is 1.71 bits per heavy atom. The van der Waals surface area contributed by atoms with E-state index >= 15 is 0 Å². The quantitative estimate of drug-likeness (QED) is 0.762. The van der Waals surface area contributed by atoms with E-state index in [9.17, 15) is 9.59 Å². The van der Waals surface area contributed by atoms with E-state index in [4.69, 9.17) is 0 Å². The SMILES string of the molecule is CCn1nc(N(C)C(=O)NC)sc1=O. The fourth-order valence-corrected chi connectivity index (χ4v) is 1.68. The van der Waals surface area contributed by atoms with E-state index in [0.29, 0.717) is 11.7 Å². The standard InChI is InChI=1S/C7H12N4O2S/c1-4-11-7(13)14-6(9-11)10(3)5(12)8-2/h4H2,1-3H3,(H,8,12). The summed E-state index contributed by atoms with van der Waals surface area (Å²) < 4.78 is 1.32. The first kappa shape index (κ1) is 10.7. The van der Waals surface area contributed by atoms with Crippen LogP contribution in [0.1, 0.15) is 6.92 Å². The number of amides is 2. The van der Waals surface area contributed by atoms with Crippen LogP contribution in [0, 0.1) is 0 Å². The average Bonchev–Trinajstić information content (AvgIpc) is 2.57. The second-order valence-electron chi connectivity index (χ2n) is 2.58. The van der Waals surface area contributed by atoms with Gasteiger partial charge >= 0.3 is 10.9 Å². The van der Waals surface area contributed by atoms with E-state index in [1.165, 1.54) is 16.6 Å². The van der Waals surface area contributed by atoms with Gasteiger partial charge in [0.2, 0.25) is 5.13 Å². The van der Waals surface area contributed by atoms with E-state index < -0.39 is 0 Å². The monoisotopic (exact) mass is 216 g/mol. The summed E-state index contributed by atoms with van der Waals surface area (Å²) in [6.07, 6.45) is 0. The maximum absolute atomic E-state index is 11.2. The van der Waals surface area contributed by atoms with Gasteiger partial charge in [0, 0.05) is 20.6 Å². The normalized spacial score (nSPS) is 9.93. The van der Waals surface area contributed by atoms with Crippen LogP contribution >= 0.6 is 11.3 Å². The van der Waals surface area contributed by atoms with E-state index in [0.717, 1.165) is 11.3 Å². The Morgan fingerprint density at radius 3 is 2.79 bits per heavy atom. The van der Waals surface area contributed by atoms with Crippen LogP contribution in [-0.4, -0.2) is 29.9 Å². The molecule has 0 bridgehead atoms. The molecular weight excluding hydrogens is 204 g/mol. The molecular formula is C7H12N4O2S. The summed E-state index contributed by atoms with van der Waals surface area (Å²) in [4.78, 5) is 23.6.